The second-order valence-corrected chi connectivity index (χ2v) is 22.8. The third-order valence-corrected chi connectivity index (χ3v) is 15.3. The molecule has 0 aliphatic carbocycles. The lowest BCUT2D eigenvalue weighted by molar-refractivity contribution is -0.302. The Kier molecular flexibility index (Phi) is 54.4. The Labute approximate surface area is 490 Å². The lowest BCUT2D eigenvalue weighted by Crippen LogP contribution is -2.60. The summed E-state index contributed by atoms with van der Waals surface area (Å²) in [7, 11) is 0. The van der Waals surface area contributed by atoms with Crippen molar-refractivity contribution in [1.82, 2.24) is 5.32 Å². The number of aliphatic hydroxyl groups is 5. The number of rotatable bonds is 57. The number of ether oxygens (including phenoxy) is 3. The lowest BCUT2D eigenvalue weighted by Gasteiger charge is -2.40. The summed E-state index contributed by atoms with van der Waals surface area (Å²) in [5.41, 5.74) is 0. The molecule has 464 valence electrons. The first kappa shape index (κ1) is 75.1. The van der Waals surface area contributed by atoms with E-state index in [9.17, 15) is 35.1 Å². The first-order valence-electron chi connectivity index (χ1n) is 33.2. The van der Waals surface area contributed by atoms with Gasteiger partial charge < -0.3 is 45.1 Å². The van der Waals surface area contributed by atoms with Crippen LogP contribution in [0, 0.1) is 0 Å². The summed E-state index contributed by atoms with van der Waals surface area (Å²) in [6.45, 7) is 4.27. The predicted octanol–water partition coefficient (Wildman–Crippen LogP) is 16.3. The van der Waals surface area contributed by atoms with Gasteiger partial charge in [-0.15, -0.1) is 0 Å². The highest BCUT2D eigenvalue weighted by Crippen LogP contribution is 2.23. The molecular weight excluding hydrogens is 1000 g/mol. The van der Waals surface area contributed by atoms with E-state index in [1.165, 1.54) is 161 Å². The molecule has 1 heterocycles. The van der Waals surface area contributed by atoms with Crippen molar-refractivity contribution in [3.05, 3.63) is 72.9 Å². The summed E-state index contributed by atoms with van der Waals surface area (Å²) in [6.07, 6.45) is 67.1. The average Bonchev–Trinajstić information content (AvgIpc) is 3.45. The molecule has 0 aromatic rings. The summed E-state index contributed by atoms with van der Waals surface area (Å²) in [6, 6.07) is -0.838. The normalized spacial score (nSPS) is 18.8. The zero-order valence-electron chi connectivity index (χ0n) is 51.3. The summed E-state index contributed by atoms with van der Waals surface area (Å²) >= 11 is 0. The molecule has 1 aliphatic heterocycles. The van der Waals surface area contributed by atoms with Crippen LogP contribution in [0.15, 0.2) is 72.9 Å². The monoisotopic (exact) mass is 1130 g/mol. The van der Waals surface area contributed by atoms with E-state index in [-0.39, 0.29) is 18.5 Å². The molecule has 0 saturated carbocycles. The van der Waals surface area contributed by atoms with Crippen molar-refractivity contribution in [3.8, 4) is 0 Å². The van der Waals surface area contributed by atoms with Crippen LogP contribution in [0.25, 0.3) is 0 Å². The first-order chi connectivity index (χ1) is 39.2. The van der Waals surface area contributed by atoms with Crippen LogP contribution in [0.4, 0.5) is 0 Å². The summed E-state index contributed by atoms with van der Waals surface area (Å²) in [5.74, 6) is -0.223. The number of nitrogens with one attached hydrogen (secondary N) is 1. The van der Waals surface area contributed by atoms with Gasteiger partial charge in [0.25, 0.3) is 0 Å². The number of allylic oxidation sites excluding steroid dienone is 11. The zero-order valence-corrected chi connectivity index (χ0v) is 51.3. The number of carbonyl (C=O) groups excluding carboxylic acids is 2. The molecule has 0 aromatic carbocycles. The van der Waals surface area contributed by atoms with Gasteiger partial charge in [-0.25, -0.2) is 0 Å². The van der Waals surface area contributed by atoms with Crippen molar-refractivity contribution in [2.45, 2.75) is 333 Å². The minimum Gasteiger partial charge on any atom is -0.466 e. The maximum atomic E-state index is 13.1. The molecule has 7 atom stereocenters. The van der Waals surface area contributed by atoms with Gasteiger partial charge in [0.1, 0.15) is 24.4 Å². The number of esters is 1. The maximum absolute atomic E-state index is 13.1. The lowest BCUT2D eigenvalue weighted by atomic mass is 9.99. The number of unbranched alkanes of at least 4 members (excludes halogenated alkanes) is 33. The Hall–Kier alpha value is -2.90. The van der Waals surface area contributed by atoms with Crippen LogP contribution in [0.5, 0.6) is 0 Å². The molecule has 1 aliphatic rings. The van der Waals surface area contributed by atoms with Crippen LogP contribution < -0.4 is 5.32 Å². The molecule has 0 spiro atoms. The van der Waals surface area contributed by atoms with E-state index >= 15 is 0 Å². The molecule has 6 N–H and O–H groups in total. The van der Waals surface area contributed by atoms with Gasteiger partial charge in [0.05, 0.1) is 32.0 Å². The van der Waals surface area contributed by atoms with Crippen molar-refractivity contribution in [2.75, 3.05) is 19.8 Å². The predicted molar refractivity (Wildman–Crippen MR) is 333 cm³/mol. The molecule has 11 heteroatoms. The van der Waals surface area contributed by atoms with Crippen LogP contribution in [-0.4, -0.2) is 100 Å². The molecule has 0 radical (unpaired) electrons. The van der Waals surface area contributed by atoms with Gasteiger partial charge in [-0.3, -0.25) is 9.59 Å². The van der Waals surface area contributed by atoms with E-state index in [1.807, 2.05) is 6.08 Å². The molecule has 0 bridgehead atoms. The molecule has 1 rings (SSSR count). The van der Waals surface area contributed by atoms with Crippen LogP contribution in [-0.2, 0) is 23.8 Å². The Morgan fingerprint density at radius 2 is 0.863 bits per heavy atom. The molecule has 11 nitrogen and oxygen atoms in total. The van der Waals surface area contributed by atoms with E-state index in [0.29, 0.717) is 19.4 Å². The summed E-state index contributed by atoms with van der Waals surface area (Å²) < 4.78 is 16.7. The minimum atomic E-state index is -1.58. The van der Waals surface area contributed by atoms with E-state index in [0.717, 1.165) is 103 Å². The fourth-order valence-electron chi connectivity index (χ4n) is 9.97. The molecular formula is C69H123NO10. The number of carbonyl (C=O) groups is 2. The van der Waals surface area contributed by atoms with E-state index < -0.39 is 49.5 Å². The molecule has 1 amide bonds. The summed E-state index contributed by atoms with van der Waals surface area (Å²) in [5, 5.41) is 54.5. The fraction of sp³-hybridized carbons (Fsp3) is 0.797. The Balaban J connectivity index is 2.08. The average molecular weight is 1130 g/mol. The third-order valence-electron chi connectivity index (χ3n) is 15.3. The van der Waals surface area contributed by atoms with Gasteiger partial charge in [-0.2, -0.15) is 0 Å². The Bertz CT molecular complexity index is 1560. The van der Waals surface area contributed by atoms with Crippen LogP contribution in [0.1, 0.15) is 290 Å². The minimum absolute atomic E-state index is 0.0204. The van der Waals surface area contributed by atoms with Crippen molar-refractivity contribution in [1.29, 1.82) is 0 Å². The highest BCUT2D eigenvalue weighted by Gasteiger charge is 2.44. The van der Waals surface area contributed by atoms with Gasteiger partial charge in [-0.1, -0.05) is 247 Å². The van der Waals surface area contributed by atoms with Gasteiger partial charge in [0, 0.05) is 12.8 Å². The molecule has 7 unspecified atom stereocenters. The quantitative estimate of drug-likeness (QED) is 0.0195. The number of hydrogen-bond acceptors (Lipinski definition) is 10. The molecule has 80 heavy (non-hydrogen) atoms. The van der Waals surface area contributed by atoms with Crippen molar-refractivity contribution < 1.29 is 49.3 Å². The van der Waals surface area contributed by atoms with E-state index in [2.05, 4.69) is 79.9 Å². The maximum Gasteiger partial charge on any atom is 0.305 e. The number of amides is 1. The van der Waals surface area contributed by atoms with Crippen molar-refractivity contribution >= 4 is 11.9 Å². The van der Waals surface area contributed by atoms with Gasteiger partial charge in [0.2, 0.25) is 5.91 Å². The number of aliphatic hydroxyl groups excluding tert-OH is 5. The van der Waals surface area contributed by atoms with Gasteiger partial charge in [0.15, 0.2) is 6.29 Å². The van der Waals surface area contributed by atoms with Crippen LogP contribution in [0.2, 0.25) is 0 Å². The highest BCUT2D eigenvalue weighted by molar-refractivity contribution is 5.76. The molecule has 1 fully saturated rings. The largest absolute Gasteiger partial charge is 0.466 e. The first-order valence-corrected chi connectivity index (χ1v) is 33.2. The number of hydrogen-bond donors (Lipinski definition) is 6. The van der Waals surface area contributed by atoms with Crippen molar-refractivity contribution in [2.24, 2.45) is 0 Å². The van der Waals surface area contributed by atoms with Crippen molar-refractivity contribution in [3.63, 3.8) is 0 Å². The Morgan fingerprint density at radius 1 is 0.463 bits per heavy atom. The second kappa shape index (κ2) is 57.9. The smallest absolute Gasteiger partial charge is 0.305 e. The van der Waals surface area contributed by atoms with E-state index in [1.54, 1.807) is 6.08 Å². The summed E-state index contributed by atoms with van der Waals surface area (Å²) in [4.78, 5) is 25.1. The highest BCUT2D eigenvalue weighted by atomic mass is 16.7. The third kappa shape index (κ3) is 46.6. The molecule has 1 saturated heterocycles. The fourth-order valence-corrected chi connectivity index (χ4v) is 9.97. The standard InChI is InChI=1S/C69H123NO10/c1-3-5-7-9-11-13-15-17-28-31-35-39-43-47-51-55-62(72)61(60-79-69-68(77)67(76)66(75)63(59-71)80-69)70-64(73)56-52-48-44-40-36-32-29-26-24-22-20-19-21-23-25-27-30-34-38-42-46-50-54-58-78-65(74)57-53-49-45-41-37-33-18-16-14-12-10-8-6-4-2/h10,12,16,18-19,21-22,24,35,39,51,55,61-63,66-69,71-72,75-77H,3-9,11,13-15,17,20,23,25-34,36-38,40-50,52-54,56-60H2,1-2H3,(H,70,73)/b12-10-,18-16-,21-19-,24-22-,39-35+,55-51+. The molecule has 0 aromatic heterocycles. The van der Waals surface area contributed by atoms with E-state index in [4.69, 9.17) is 14.2 Å². The second-order valence-electron chi connectivity index (χ2n) is 22.8. The van der Waals surface area contributed by atoms with Crippen LogP contribution >= 0.6 is 0 Å². The Morgan fingerprint density at radius 3 is 1.35 bits per heavy atom. The zero-order chi connectivity index (χ0) is 58.0. The van der Waals surface area contributed by atoms with Gasteiger partial charge >= 0.3 is 5.97 Å². The van der Waals surface area contributed by atoms with Gasteiger partial charge in [-0.05, 0) is 103 Å². The van der Waals surface area contributed by atoms with Crippen LogP contribution in [0.3, 0.4) is 0 Å². The topological polar surface area (TPSA) is 175 Å². The SMILES string of the molecule is CCCC/C=C\C/C=C\CCCCCCCC(=O)OCCCCCCCCCCC/C=C\C/C=C\CCCCCCCCCC(=O)NC(COC1OC(CO)C(O)C(O)C1O)C(O)/C=C/CC/C=C/CCCCCCCCCCC.